The highest BCUT2D eigenvalue weighted by Crippen LogP contribution is 2.07. The molecule has 0 spiro atoms. The van der Waals surface area contributed by atoms with E-state index in [-0.39, 0.29) is 6.04 Å². The molecule has 1 N–H and O–H groups in total. The van der Waals surface area contributed by atoms with Gasteiger partial charge in [0.2, 0.25) is 0 Å². The van der Waals surface area contributed by atoms with Crippen LogP contribution in [0.3, 0.4) is 0 Å². The molecule has 1 aromatic rings. The van der Waals surface area contributed by atoms with E-state index >= 15 is 0 Å². The highest BCUT2D eigenvalue weighted by atomic mass is 15.0. The molecule has 1 aromatic heterocycles. The maximum atomic E-state index is 4.33. The van der Waals surface area contributed by atoms with E-state index in [1.54, 1.807) is 6.20 Å². The largest absolute Gasteiger partial charge is 0.298 e. The van der Waals surface area contributed by atoms with Crippen LogP contribution in [-0.2, 0) is 0 Å². The Balaban J connectivity index is 2.58. The molecule has 0 fully saturated rings. The van der Waals surface area contributed by atoms with Crippen molar-refractivity contribution >= 4 is 0 Å². The van der Waals surface area contributed by atoms with Gasteiger partial charge in [-0.2, -0.15) is 0 Å². The van der Waals surface area contributed by atoms with Crippen LogP contribution in [0.4, 0.5) is 0 Å². The molecule has 0 aliphatic rings. The second kappa shape index (κ2) is 5.36. The van der Waals surface area contributed by atoms with Gasteiger partial charge in [-0.25, -0.2) is 9.97 Å². The highest BCUT2D eigenvalue weighted by molar-refractivity contribution is 5.07. The van der Waals surface area contributed by atoms with Crippen molar-refractivity contribution in [1.82, 2.24) is 15.3 Å². The van der Waals surface area contributed by atoms with Gasteiger partial charge in [0.05, 0.1) is 12.2 Å². The SMILES string of the molecule is CC#CCNC(C)c1ccnc(C)n1. The summed E-state index contributed by atoms with van der Waals surface area (Å²) in [6.45, 7) is 6.49. The van der Waals surface area contributed by atoms with Crippen molar-refractivity contribution in [3.05, 3.63) is 23.8 Å². The van der Waals surface area contributed by atoms with Crippen LogP contribution in [0.15, 0.2) is 12.3 Å². The van der Waals surface area contributed by atoms with Crippen molar-refractivity contribution in [2.75, 3.05) is 6.54 Å². The van der Waals surface area contributed by atoms with Gasteiger partial charge in [-0.3, -0.25) is 5.32 Å². The summed E-state index contributed by atoms with van der Waals surface area (Å²) < 4.78 is 0. The molecule has 0 saturated heterocycles. The zero-order valence-electron chi connectivity index (χ0n) is 8.83. The van der Waals surface area contributed by atoms with Crippen molar-refractivity contribution in [3.8, 4) is 11.8 Å². The van der Waals surface area contributed by atoms with Gasteiger partial charge in [-0.1, -0.05) is 5.92 Å². The molecule has 14 heavy (non-hydrogen) atoms. The molecule has 0 amide bonds. The summed E-state index contributed by atoms with van der Waals surface area (Å²) in [5.41, 5.74) is 1.01. The molecular formula is C11H15N3. The van der Waals surface area contributed by atoms with Gasteiger partial charge in [0.15, 0.2) is 0 Å². The lowest BCUT2D eigenvalue weighted by atomic mass is 10.2. The van der Waals surface area contributed by atoms with Crippen molar-refractivity contribution < 1.29 is 0 Å². The fraction of sp³-hybridized carbons (Fsp3) is 0.455. The molecule has 1 atom stereocenters. The van der Waals surface area contributed by atoms with Gasteiger partial charge in [-0.05, 0) is 26.8 Å². The molecule has 3 heteroatoms. The standard InChI is InChI=1S/C11H15N3/c1-4-5-7-12-9(2)11-6-8-13-10(3)14-11/h6,8-9,12H,7H2,1-3H3. The third-order valence-electron chi connectivity index (χ3n) is 1.91. The second-order valence-electron chi connectivity index (χ2n) is 3.06. The molecule has 0 radical (unpaired) electrons. The van der Waals surface area contributed by atoms with E-state index in [1.807, 2.05) is 19.9 Å². The summed E-state index contributed by atoms with van der Waals surface area (Å²) in [4.78, 5) is 8.38. The lowest BCUT2D eigenvalue weighted by Gasteiger charge is -2.10. The molecule has 0 aliphatic carbocycles. The first-order valence-corrected chi connectivity index (χ1v) is 4.66. The minimum atomic E-state index is 0.220. The predicted molar refractivity (Wildman–Crippen MR) is 56.6 cm³/mol. The van der Waals surface area contributed by atoms with Crippen LogP contribution >= 0.6 is 0 Å². The van der Waals surface area contributed by atoms with Gasteiger partial charge < -0.3 is 0 Å². The fourth-order valence-corrected chi connectivity index (χ4v) is 1.11. The molecule has 1 rings (SSSR count). The van der Waals surface area contributed by atoms with E-state index in [9.17, 15) is 0 Å². The van der Waals surface area contributed by atoms with E-state index in [0.29, 0.717) is 6.54 Å². The average Bonchev–Trinajstić information content (AvgIpc) is 2.18. The van der Waals surface area contributed by atoms with Gasteiger partial charge in [-0.15, -0.1) is 5.92 Å². The normalized spacial score (nSPS) is 11.6. The van der Waals surface area contributed by atoms with Gasteiger partial charge >= 0.3 is 0 Å². The molecular weight excluding hydrogens is 174 g/mol. The van der Waals surface area contributed by atoms with E-state index < -0.39 is 0 Å². The molecule has 0 bridgehead atoms. The van der Waals surface area contributed by atoms with E-state index in [1.165, 1.54) is 0 Å². The second-order valence-corrected chi connectivity index (χ2v) is 3.06. The number of nitrogens with zero attached hydrogens (tertiary/aromatic N) is 2. The Hall–Kier alpha value is -1.40. The molecule has 1 unspecified atom stereocenters. The Labute approximate surface area is 85.0 Å². The molecule has 0 aliphatic heterocycles. The van der Waals surface area contributed by atoms with Gasteiger partial charge in [0.1, 0.15) is 5.82 Å². The third-order valence-corrected chi connectivity index (χ3v) is 1.91. The Morgan fingerprint density at radius 1 is 1.57 bits per heavy atom. The van der Waals surface area contributed by atoms with Crippen LogP contribution in [-0.4, -0.2) is 16.5 Å². The lowest BCUT2D eigenvalue weighted by molar-refractivity contribution is 0.602. The first-order chi connectivity index (χ1) is 6.74. The van der Waals surface area contributed by atoms with Crippen molar-refractivity contribution in [3.63, 3.8) is 0 Å². The smallest absolute Gasteiger partial charge is 0.125 e. The van der Waals surface area contributed by atoms with Gasteiger partial charge in [0.25, 0.3) is 0 Å². The maximum absolute atomic E-state index is 4.33. The third kappa shape index (κ3) is 3.15. The molecule has 1 heterocycles. The molecule has 3 nitrogen and oxygen atoms in total. The first kappa shape index (κ1) is 10.7. The van der Waals surface area contributed by atoms with Crippen molar-refractivity contribution in [2.45, 2.75) is 26.8 Å². The molecule has 74 valence electrons. The average molecular weight is 189 g/mol. The van der Waals surface area contributed by atoms with Gasteiger partial charge in [0, 0.05) is 12.2 Å². The number of hydrogen-bond acceptors (Lipinski definition) is 3. The predicted octanol–water partition coefficient (Wildman–Crippen LogP) is 1.46. The van der Waals surface area contributed by atoms with Crippen LogP contribution in [0.25, 0.3) is 0 Å². The lowest BCUT2D eigenvalue weighted by Crippen LogP contribution is -2.20. The Morgan fingerprint density at radius 3 is 3.00 bits per heavy atom. The molecule has 0 saturated carbocycles. The van der Waals surface area contributed by atoms with Crippen molar-refractivity contribution in [2.24, 2.45) is 0 Å². The summed E-state index contributed by atoms with van der Waals surface area (Å²) in [6, 6.07) is 2.14. The number of aromatic nitrogens is 2. The zero-order valence-corrected chi connectivity index (χ0v) is 8.83. The van der Waals surface area contributed by atoms with E-state index in [4.69, 9.17) is 0 Å². The first-order valence-electron chi connectivity index (χ1n) is 4.66. The maximum Gasteiger partial charge on any atom is 0.125 e. The Kier molecular flexibility index (Phi) is 4.09. The van der Waals surface area contributed by atoms with Crippen LogP contribution in [0, 0.1) is 18.8 Å². The zero-order chi connectivity index (χ0) is 10.4. The number of rotatable bonds is 3. The fourth-order valence-electron chi connectivity index (χ4n) is 1.11. The van der Waals surface area contributed by atoms with Crippen LogP contribution in [0.5, 0.6) is 0 Å². The Morgan fingerprint density at radius 2 is 2.36 bits per heavy atom. The minimum absolute atomic E-state index is 0.220. The summed E-state index contributed by atoms with van der Waals surface area (Å²) in [5.74, 6) is 6.60. The van der Waals surface area contributed by atoms with Crippen molar-refractivity contribution in [1.29, 1.82) is 0 Å². The van der Waals surface area contributed by atoms with Crippen LogP contribution in [0.1, 0.15) is 31.4 Å². The monoisotopic (exact) mass is 189 g/mol. The van der Waals surface area contributed by atoms with Crippen LogP contribution in [0.2, 0.25) is 0 Å². The van der Waals surface area contributed by atoms with E-state index in [0.717, 1.165) is 11.5 Å². The summed E-state index contributed by atoms with van der Waals surface area (Å²) in [6.07, 6.45) is 1.78. The quantitative estimate of drug-likeness (QED) is 0.731. The highest BCUT2D eigenvalue weighted by Gasteiger charge is 2.04. The van der Waals surface area contributed by atoms with E-state index in [2.05, 4.69) is 34.0 Å². The summed E-state index contributed by atoms with van der Waals surface area (Å²) in [5, 5.41) is 3.26. The molecule has 0 aromatic carbocycles. The number of hydrogen-bond donors (Lipinski definition) is 1. The minimum Gasteiger partial charge on any atom is -0.298 e. The van der Waals surface area contributed by atoms with Crippen LogP contribution < -0.4 is 5.32 Å². The topological polar surface area (TPSA) is 37.8 Å². The summed E-state index contributed by atoms with van der Waals surface area (Å²) >= 11 is 0. The number of aryl methyl sites for hydroxylation is 1. The number of nitrogens with one attached hydrogen (secondary N) is 1. The Bertz CT molecular complexity index is 349. The summed E-state index contributed by atoms with van der Waals surface area (Å²) in [7, 11) is 0.